The summed E-state index contributed by atoms with van der Waals surface area (Å²) >= 11 is -0.556. The first-order valence-electron chi connectivity index (χ1n) is 7.44. The number of hydrogen-bond acceptors (Lipinski definition) is 2. The van der Waals surface area contributed by atoms with E-state index >= 15 is 0 Å². The van der Waals surface area contributed by atoms with Crippen molar-refractivity contribution in [2.45, 2.75) is 0 Å². The zero-order valence-corrected chi connectivity index (χ0v) is 17.3. The van der Waals surface area contributed by atoms with Crippen LogP contribution in [0.2, 0.25) is 0 Å². The van der Waals surface area contributed by atoms with E-state index in [2.05, 4.69) is 17.1 Å². The monoisotopic (exact) mass is 423 g/mol. The summed E-state index contributed by atoms with van der Waals surface area (Å²) in [5.74, 6) is 0.343. The third-order valence-electron chi connectivity index (χ3n) is 3.24. The second-order valence-corrected chi connectivity index (χ2v) is 8.80. The third-order valence-corrected chi connectivity index (χ3v) is 4.66. The molecule has 126 valence electrons. The number of hydrogen-bond donors (Lipinski definition) is 1. The average Bonchev–Trinajstić information content (AvgIpc) is 2.64. The first-order chi connectivity index (χ1) is 12.2. The molecule has 3 rings (SSSR count). The molecule has 0 aromatic heterocycles. The molecule has 0 fully saturated rings. The van der Waals surface area contributed by atoms with Crippen molar-refractivity contribution in [3.05, 3.63) is 84.4 Å². The van der Waals surface area contributed by atoms with Crippen LogP contribution in [0, 0.1) is 0 Å². The average molecular weight is 424 g/mol. The SMILES string of the molecule is Oc1ccccc1Pc1ccccc1C=Nc1ccccc1.[Cl][Ti][Cl]. The molecule has 0 radical (unpaired) electrons. The Labute approximate surface area is 166 Å². The van der Waals surface area contributed by atoms with E-state index in [1.54, 1.807) is 6.07 Å². The van der Waals surface area contributed by atoms with E-state index < -0.39 is 17.0 Å². The van der Waals surface area contributed by atoms with Crippen molar-refractivity contribution in [1.82, 2.24) is 0 Å². The number of phenolic OH excluding ortho intramolecular Hbond substituents is 1. The van der Waals surface area contributed by atoms with E-state index in [0.717, 1.165) is 16.6 Å². The van der Waals surface area contributed by atoms with Crippen LogP contribution in [0.1, 0.15) is 5.56 Å². The molecule has 25 heavy (non-hydrogen) atoms. The number of para-hydroxylation sites is 2. The van der Waals surface area contributed by atoms with Crippen molar-refractivity contribution in [3.63, 3.8) is 0 Å². The van der Waals surface area contributed by atoms with Gasteiger partial charge in [0.1, 0.15) is 5.75 Å². The molecule has 3 aromatic carbocycles. The van der Waals surface area contributed by atoms with Crippen LogP contribution < -0.4 is 10.6 Å². The Bertz CT molecular complexity index is 815. The molecule has 0 saturated carbocycles. The summed E-state index contributed by atoms with van der Waals surface area (Å²) in [5, 5.41) is 12.1. The van der Waals surface area contributed by atoms with E-state index in [1.165, 1.54) is 5.30 Å². The molecule has 1 N–H and O–H groups in total. The maximum atomic E-state index is 9.94. The van der Waals surface area contributed by atoms with Crippen LogP contribution in [0.25, 0.3) is 0 Å². The molecule has 2 nitrogen and oxygen atoms in total. The molecule has 0 aliphatic rings. The van der Waals surface area contributed by atoms with Gasteiger partial charge in [0.15, 0.2) is 0 Å². The Morgan fingerprint density at radius 3 is 2.04 bits per heavy atom. The standard InChI is InChI=1S/C19H16NOP.2ClH.Ti/c21-17-11-5-7-13-19(17)22-18-12-6-4-8-15(18)14-20-16-9-2-1-3-10-16;;;/h1-14,21-22H;2*1H;/q;;;+2/p-2. The Morgan fingerprint density at radius 1 is 0.800 bits per heavy atom. The summed E-state index contributed by atoms with van der Waals surface area (Å²) < 4.78 is 0. The molecule has 0 saturated heterocycles. The number of nitrogens with zero attached hydrogens (tertiary/aromatic N) is 1. The predicted molar refractivity (Wildman–Crippen MR) is 108 cm³/mol. The van der Waals surface area contributed by atoms with Gasteiger partial charge in [0.25, 0.3) is 0 Å². The van der Waals surface area contributed by atoms with E-state index in [4.69, 9.17) is 18.6 Å². The Kier molecular flexibility index (Phi) is 9.25. The quantitative estimate of drug-likeness (QED) is 0.351. The van der Waals surface area contributed by atoms with Crippen molar-refractivity contribution >= 4 is 49.7 Å². The summed E-state index contributed by atoms with van der Waals surface area (Å²) in [6.07, 6.45) is 1.89. The third kappa shape index (κ3) is 6.94. The number of aliphatic imine (C=N–C) groups is 1. The summed E-state index contributed by atoms with van der Waals surface area (Å²) in [5.41, 5.74) is 2.01. The van der Waals surface area contributed by atoms with Gasteiger partial charge >= 0.3 is 35.6 Å². The van der Waals surface area contributed by atoms with Gasteiger partial charge in [0.05, 0.1) is 5.69 Å². The second-order valence-electron chi connectivity index (χ2n) is 4.89. The van der Waals surface area contributed by atoms with Gasteiger partial charge in [0, 0.05) is 17.1 Å². The minimum atomic E-state index is -0.556. The van der Waals surface area contributed by atoms with Gasteiger partial charge in [-0.25, -0.2) is 0 Å². The fourth-order valence-corrected chi connectivity index (χ4v) is 3.26. The summed E-state index contributed by atoms with van der Waals surface area (Å²) in [7, 11) is 10.2. The topological polar surface area (TPSA) is 32.6 Å². The number of phenols is 1. The number of benzene rings is 3. The molecular weight excluding hydrogens is 408 g/mol. The van der Waals surface area contributed by atoms with Crippen molar-refractivity contribution in [2.75, 3.05) is 0 Å². The fourth-order valence-electron chi connectivity index (χ4n) is 2.11. The van der Waals surface area contributed by atoms with E-state index in [0.29, 0.717) is 14.3 Å². The zero-order chi connectivity index (χ0) is 17.9. The van der Waals surface area contributed by atoms with E-state index in [9.17, 15) is 5.11 Å². The molecule has 0 aliphatic carbocycles. The first kappa shape index (κ1) is 20.2. The van der Waals surface area contributed by atoms with Gasteiger partial charge in [-0.05, 0) is 23.5 Å². The van der Waals surface area contributed by atoms with Crippen molar-refractivity contribution in [2.24, 2.45) is 4.99 Å². The molecule has 1 atom stereocenters. The normalized spacial score (nSPS) is 10.6. The first-order valence-corrected chi connectivity index (χ1v) is 12.7. The van der Waals surface area contributed by atoms with Gasteiger partial charge in [-0.2, -0.15) is 0 Å². The Balaban J connectivity index is 0.000000701. The molecule has 0 amide bonds. The Hall–Kier alpha value is -1.15. The van der Waals surface area contributed by atoms with Crippen molar-refractivity contribution in [3.8, 4) is 5.75 Å². The minimum absolute atomic E-state index is 0.343. The van der Waals surface area contributed by atoms with Crippen LogP contribution in [0.15, 0.2) is 83.9 Å². The number of halogens is 2. The van der Waals surface area contributed by atoms with Gasteiger partial charge in [-0.15, -0.1) is 0 Å². The van der Waals surface area contributed by atoms with Gasteiger partial charge < -0.3 is 5.11 Å². The molecule has 6 heteroatoms. The van der Waals surface area contributed by atoms with Gasteiger partial charge in [0.2, 0.25) is 0 Å². The summed E-state index contributed by atoms with van der Waals surface area (Å²) in [4.78, 5) is 4.52. The molecule has 0 bridgehead atoms. The molecule has 3 aromatic rings. The molecular formula is C19H16Cl2NOPTi. The summed E-state index contributed by atoms with van der Waals surface area (Å²) in [6, 6.07) is 25.5. The predicted octanol–water partition coefficient (Wildman–Crippen LogP) is 5.15. The molecule has 1 unspecified atom stereocenters. The van der Waals surface area contributed by atoms with Crippen LogP contribution in [-0.4, -0.2) is 11.3 Å². The van der Waals surface area contributed by atoms with Crippen molar-refractivity contribution in [1.29, 1.82) is 0 Å². The van der Waals surface area contributed by atoms with E-state index in [1.807, 2.05) is 66.9 Å². The molecule has 0 heterocycles. The Morgan fingerprint density at radius 2 is 1.36 bits per heavy atom. The fraction of sp³-hybridized carbons (Fsp3) is 0. The zero-order valence-electron chi connectivity index (χ0n) is 13.2. The van der Waals surface area contributed by atoms with Gasteiger partial charge in [-0.3, -0.25) is 4.99 Å². The number of aromatic hydroxyl groups is 1. The maximum absolute atomic E-state index is 9.94. The second kappa shape index (κ2) is 11.5. The van der Waals surface area contributed by atoms with Crippen LogP contribution in [0.5, 0.6) is 5.75 Å². The van der Waals surface area contributed by atoms with Crippen LogP contribution in [0.3, 0.4) is 0 Å². The van der Waals surface area contributed by atoms with Gasteiger partial charge in [-0.1, -0.05) is 69.2 Å². The van der Waals surface area contributed by atoms with Crippen LogP contribution in [0.4, 0.5) is 5.69 Å². The summed E-state index contributed by atoms with van der Waals surface area (Å²) in [6.45, 7) is 0. The van der Waals surface area contributed by atoms with E-state index in [-0.39, 0.29) is 0 Å². The number of rotatable bonds is 4. The molecule has 0 aliphatic heterocycles. The van der Waals surface area contributed by atoms with Crippen molar-refractivity contribution < 1.29 is 22.1 Å². The molecule has 0 spiro atoms. The van der Waals surface area contributed by atoms with Crippen LogP contribution >= 0.6 is 27.2 Å². The van der Waals surface area contributed by atoms with Crippen LogP contribution in [-0.2, 0) is 17.0 Å².